The lowest BCUT2D eigenvalue weighted by molar-refractivity contribution is -0.120. The van der Waals surface area contributed by atoms with Crippen LogP contribution in [0.1, 0.15) is 29.0 Å². The first kappa shape index (κ1) is 16.7. The van der Waals surface area contributed by atoms with Crippen LogP contribution in [-0.2, 0) is 17.6 Å². The lowest BCUT2D eigenvalue weighted by Gasteiger charge is -2.18. The molecule has 0 unspecified atom stereocenters. The Labute approximate surface area is 146 Å². The zero-order valence-corrected chi connectivity index (χ0v) is 14.8. The van der Waals surface area contributed by atoms with Gasteiger partial charge >= 0.3 is 0 Å². The summed E-state index contributed by atoms with van der Waals surface area (Å²) < 4.78 is 5.62. The Bertz CT molecular complexity index is 698. The lowest BCUT2D eigenvalue weighted by atomic mass is 10.0. The maximum atomic E-state index is 12.6. The predicted molar refractivity (Wildman–Crippen MR) is 98.0 cm³/mol. The normalized spacial score (nSPS) is 13.2. The first-order valence-electron chi connectivity index (χ1n) is 8.26. The van der Waals surface area contributed by atoms with Gasteiger partial charge in [-0.25, -0.2) is 4.98 Å². The number of thiazole rings is 1. The maximum absolute atomic E-state index is 12.6. The Morgan fingerprint density at radius 2 is 2.08 bits per heavy atom. The first-order chi connectivity index (χ1) is 11.7. The number of nitrogens with zero attached hydrogens (tertiary/aromatic N) is 2. The maximum Gasteiger partial charge on any atom is 0.266 e. The Morgan fingerprint density at radius 1 is 1.33 bits per heavy atom. The van der Waals surface area contributed by atoms with Crippen molar-refractivity contribution in [2.45, 2.75) is 32.6 Å². The predicted octanol–water partition coefficient (Wildman–Crippen LogP) is 3.93. The van der Waals surface area contributed by atoms with Crippen molar-refractivity contribution < 1.29 is 9.53 Å². The van der Waals surface area contributed by atoms with Crippen LogP contribution < -0.4 is 9.64 Å². The number of carbonyl (C=O) groups is 1. The second-order valence-corrected chi connectivity index (χ2v) is 7.03. The summed E-state index contributed by atoms with van der Waals surface area (Å²) >= 11 is 1.63. The Kier molecular flexibility index (Phi) is 5.30. The van der Waals surface area contributed by atoms with Crippen LogP contribution in [0.2, 0.25) is 0 Å². The van der Waals surface area contributed by atoms with Gasteiger partial charge in [-0.2, -0.15) is 0 Å². The zero-order chi connectivity index (χ0) is 16.9. The topological polar surface area (TPSA) is 42.4 Å². The summed E-state index contributed by atoms with van der Waals surface area (Å²) in [6.07, 6.45) is 6.21. The van der Waals surface area contributed by atoms with E-state index in [2.05, 4.69) is 11.6 Å². The minimum absolute atomic E-state index is 0.00114. The number of rotatable bonds is 6. The lowest BCUT2D eigenvalue weighted by Crippen LogP contribution is -2.35. The highest BCUT2D eigenvalue weighted by molar-refractivity contribution is 7.16. The van der Waals surface area contributed by atoms with Gasteiger partial charge in [0.1, 0.15) is 5.75 Å². The van der Waals surface area contributed by atoms with E-state index >= 15 is 0 Å². The summed E-state index contributed by atoms with van der Waals surface area (Å²) in [5.41, 5.74) is 2.32. The van der Waals surface area contributed by atoms with E-state index in [9.17, 15) is 4.79 Å². The van der Waals surface area contributed by atoms with E-state index < -0.39 is 0 Å². The van der Waals surface area contributed by atoms with Gasteiger partial charge in [0.25, 0.3) is 5.91 Å². The molecule has 0 spiro atoms. The quantitative estimate of drug-likeness (QED) is 0.747. The second kappa shape index (κ2) is 7.62. The van der Waals surface area contributed by atoms with Gasteiger partial charge in [-0.1, -0.05) is 23.8 Å². The molecular weight excluding hydrogens is 320 g/mol. The van der Waals surface area contributed by atoms with E-state index in [1.165, 1.54) is 17.7 Å². The van der Waals surface area contributed by atoms with Gasteiger partial charge in [0, 0.05) is 11.4 Å². The van der Waals surface area contributed by atoms with Crippen LogP contribution in [0, 0.1) is 6.92 Å². The fraction of sp³-hybridized carbons (Fsp3) is 0.368. The Morgan fingerprint density at radius 3 is 2.79 bits per heavy atom. The molecule has 1 aliphatic carbocycles. The standard InChI is InChI=1S/C19H22N2O2S/c1-3-12-21(19-20-16-6-4-5-7-17(16)24-19)18(22)13-23-15-10-8-14(2)9-11-15/h3,8-11H,1,4-7,12-13H2,2H3. The summed E-state index contributed by atoms with van der Waals surface area (Å²) in [5, 5.41) is 0.763. The number of hydrogen-bond acceptors (Lipinski definition) is 4. The van der Waals surface area contributed by atoms with E-state index in [1.54, 1.807) is 22.3 Å². The first-order valence-corrected chi connectivity index (χ1v) is 9.08. The number of carbonyl (C=O) groups excluding carboxylic acids is 1. The van der Waals surface area contributed by atoms with E-state index in [0.29, 0.717) is 12.3 Å². The summed E-state index contributed by atoms with van der Waals surface area (Å²) in [5.74, 6) is 0.604. The Balaban J connectivity index is 1.70. The molecule has 126 valence electrons. The van der Waals surface area contributed by atoms with Crippen LogP contribution in [-0.4, -0.2) is 24.0 Å². The number of aromatic nitrogens is 1. The average Bonchev–Trinajstić information content (AvgIpc) is 3.02. The molecule has 0 atom stereocenters. The third-order valence-electron chi connectivity index (χ3n) is 4.06. The summed E-state index contributed by atoms with van der Waals surface area (Å²) in [6, 6.07) is 7.69. The monoisotopic (exact) mass is 342 g/mol. The molecular formula is C19H22N2O2S. The number of amides is 1. The summed E-state index contributed by atoms with van der Waals surface area (Å²) in [6.45, 7) is 6.23. The molecule has 1 aliphatic rings. The van der Waals surface area contributed by atoms with Crippen LogP contribution in [0.5, 0.6) is 5.75 Å². The number of fused-ring (bicyclic) bond motifs is 1. The molecule has 2 aromatic rings. The summed E-state index contributed by atoms with van der Waals surface area (Å²) in [4.78, 5) is 20.3. The molecule has 0 saturated heterocycles. The zero-order valence-electron chi connectivity index (χ0n) is 14.0. The largest absolute Gasteiger partial charge is 0.484 e. The van der Waals surface area contributed by atoms with Crippen molar-refractivity contribution in [1.82, 2.24) is 4.98 Å². The van der Waals surface area contributed by atoms with Gasteiger partial charge in [-0.3, -0.25) is 9.69 Å². The molecule has 0 N–H and O–H groups in total. The third-order valence-corrected chi connectivity index (χ3v) is 5.24. The highest BCUT2D eigenvalue weighted by Gasteiger charge is 2.22. The van der Waals surface area contributed by atoms with Crippen LogP contribution in [0.3, 0.4) is 0 Å². The van der Waals surface area contributed by atoms with Crippen LogP contribution in [0.4, 0.5) is 5.13 Å². The second-order valence-electron chi connectivity index (χ2n) is 5.97. The van der Waals surface area contributed by atoms with Crippen molar-refractivity contribution >= 4 is 22.4 Å². The molecule has 0 radical (unpaired) electrons. The molecule has 5 heteroatoms. The van der Waals surface area contributed by atoms with Gasteiger partial charge in [0.2, 0.25) is 0 Å². The number of anilines is 1. The van der Waals surface area contributed by atoms with Crippen LogP contribution in [0.25, 0.3) is 0 Å². The van der Waals surface area contributed by atoms with Gasteiger partial charge in [0.15, 0.2) is 11.7 Å². The van der Waals surface area contributed by atoms with Gasteiger partial charge in [-0.05, 0) is 44.7 Å². The van der Waals surface area contributed by atoms with Gasteiger partial charge in [-0.15, -0.1) is 17.9 Å². The molecule has 0 fully saturated rings. The molecule has 4 nitrogen and oxygen atoms in total. The Hall–Kier alpha value is -2.14. The fourth-order valence-electron chi connectivity index (χ4n) is 2.73. The van der Waals surface area contributed by atoms with Crippen molar-refractivity contribution in [2.75, 3.05) is 18.1 Å². The number of ether oxygens (including phenoxy) is 1. The smallest absolute Gasteiger partial charge is 0.266 e. The van der Waals surface area contributed by atoms with E-state index in [0.717, 1.165) is 29.2 Å². The highest BCUT2D eigenvalue weighted by Crippen LogP contribution is 2.31. The molecule has 0 bridgehead atoms. The fourth-order valence-corrected chi connectivity index (χ4v) is 3.90. The molecule has 0 saturated carbocycles. The van der Waals surface area contributed by atoms with Gasteiger partial charge in [0.05, 0.1) is 5.69 Å². The SMILES string of the molecule is C=CCN(C(=O)COc1ccc(C)cc1)c1nc2c(s1)CCCC2. The summed E-state index contributed by atoms with van der Waals surface area (Å²) in [7, 11) is 0. The van der Waals surface area contributed by atoms with Crippen molar-refractivity contribution in [2.24, 2.45) is 0 Å². The molecule has 1 aromatic carbocycles. The third kappa shape index (κ3) is 3.85. The van der Waals surface area contributed by atoms with Crippen LogP contribution in [0.15, 0.2) is 36.9 Å². The molecule has 3 rings (SSSR count). The average molecular weight is 342 g/mol. The minimum Gasteiger partial charge on any atom is -0.484 e. The van der Waals surface area contributed by atoms with Crippen molar-refractivity contribution in [3.05, 3.63) is 53.1 Å². The van der Waals surface area contributed by atoms with Crippen molar-refractivity contribution in [1.29, 1.82) is 0 Å². The minimum atomic E-state index is -0.0958. The van der Waals surface area contributed by atoms with Crippen molar-refractivity contribution in [3.63, 3.8) is 0 Å². The van der Waals surface area contributed by atoms with E-state index in [1.807, 2.05) is 31.2 Å². The molecule has 0 aliphatic heterocycles. The van der Waals surface area contributed by atoms with E-state index in [-0.39, 0.29) is 12.5 Å². The molecule has 1 aromatic heterocycles. The van der Waals surface area contributed by atoms with Crippen molar-refractivity contribution in [3.8, 4) is 5.75 Å². The van der Waals surface area contributed by atoms with Crippen LogP contribution >= 0.6 is 11.3 Å². The number of benzene rings is 1. The molecule has 1 heterocycles. The number of aryl methyl sites for hydroxylation is 3. The number of hydrogen-bond donors (Lipinski definition) is 0. The van der Waals surface area contributed by atoms with E-state index in [4.69, 9.17) is 4.74 Å². The highest BCUT2D eigenvalue weighted by atomic mass is 32.1. The molecule has 1 amide bonds. The molecule has 24 heavy (non-hydrogen) atoms. The van der Waals surface area contributed by atoms with Gasteiger partial charge < -0.3 is 4.74 Å².